The molecule has 0 bridgehead atoms. The molecule has 1 fully saturated rings. The van der Waals surface area contributed by atoms with Crippen LogP contribution in [0.5, 0.6) is 0 Å². The molecule has 2 rings (SSSR count). The van der Waals surface area contributed by atoms with Gasteiger partial charge in [-0.25, -0.2) is 0 Å². The molecule has 1 aromatic carbocycles. The normalized spacial score (nSPS) is 16.4. The number of benzene rings is 1. The first-order chi connectivity index (χ1) is 8.92. The standard InChI is InChI=1S/C14H19N3O2/c1-17(2)12(18)10-4-6-11(7-5-10)16-13(19)14(15)8-3-9-14/h4-7H,3,8-9,15H2,1-2H3,(H,16,19). The molecule has 5 heteroatoms. The van der Waals surface area contributed by atoms with Crippen LogP contribution in [-0.4, -0.2) is 36.3 Å². The number of anilines is 1. The minimum atomic E-state index is -0.710. The summed E-state index contributed by atoms with van der Waals surface area (Å²) in [6.45, 7) is 0. The first-order valence-electron chi connectivity index (χ1n) is 6.34. The molecule has 3 N–H and O–H groups in total. The fraction of sp³-hybridized carbons (Fsp3) is 0.429. The van der Waals surface area contributed by atoms with Gasteiger partial charge >= 0.3 is 0 Å². The lowest BCUT2D eigenvalue weighted by Crippen LogP contribution is -2.56. The maximum absolute atomic E-state index is 11.9. The van der Waals surface area contributed by atoms with Crippen molar-refractivity contribution in [1.29, 1.82) is 0 Å². The minimum absolute atomic E-state index is 0.0628. The van der Waals surface area contributed by atoms with Crippen molar-refractivity contribution in [2.75, 3.05) is 19.4 Å². The van der Waals surface area contributed by atoms with Gasteiger partial charge in [0.1, 0.15) is 0 Å². The number of amides is 2. The van der Waals surface area contributed by atoms with Gasteiger partial charge in [-0.2, -0.15) is 0 Å². The Hall–Kier alpha value is -1.88. The van der Waals surface area contributed by atoms with Crippen molar-refractivity contribution in [3.8, 4) is 0 Å². The van der Waals surface area contributed by atoms with Crippen molar-refractivity contribution in [1.82, 2.24) is 4.90 Å². The Morgan fingerprint density at radius 3 is 2.21 bits per heavy atom. The Bertz CT molecular complexity index is 490. The Morgan fingerprint density at radius 2 is 1.79 bits per heavy atom. The molecule has 0 atom stereocenters. The van der Waals surface area contributed by atoms with E-state index in [1.54, 1.807) is 38.4 Å². The summed E-state index contributed by atoms with van der Waals surface area (Å²) in [5.74, 6) is -0.211. The van der Waals surface area contributed by atoms with Crippen molar-refractivity contribution in [2.24, 2.45) is 5.73 Å². The van der Waals surface area contributed by atoms with Gasteiger partial charge in [0, 0.05) is 25.3 Å². The number of carbonyl (C=O) groups is 2. The van der Waals surface area contributed by atoms with Gasteiger partial charge in [-0.15, -0.1) is 0 Å². The molecule has 102 valence electrons. The van der Waals surface area contributed by atoms with Gasteiger partial charge in [-0.1, -0.05) is 0 Å². The molecule has 0 heterocycles. The zero-order chi connectivity index (χ0) is 14.0. The topological polar surface area (TPSA) is 75.4 Å². The fourth-order valence-electron chi connectivity index (χ4n) is 1.99. The molecule has 0 aromatic heterocycles. The highest BCUT2D eigenvalue weighted by Crippen LogP contribution is 2.30. The average molecular weight is 261 g/mol. The summed E-state index contributed by atoms with van der Waals surface area (Å²) < 4.78 is 0. The van der Waals surface area contributed by atoms with Gasteiger partial charge in [-0.3, -0.25) is 9.59 Å². The Balaban J connectivity index is 2.03. The highest BCUT2D eigenvalue weighted by Gasteiger charge is 2.40. The minimum Gasteiger partial charge on any atom is -0.345 e. The summed E-state index contributed by atoms with van der Waals surface area (Å²) in [7, 11) is 3.40. The Labute approximate surface area is 112 Å². The van der Waals surface area contributed by atoms with Crippen molar-refractivity contribution in [3.63, 3.8) is 0 Å². The fourth-order valence-corrected chi connectivity index (χ4v) is 1.99. The van der Waals surface area contributed by atoms with Crippen molar-refractivity contribution in [2.45, 2.75) is 24.8 Å². The molecular formula is C14H19N3O2. The summed E-state index contributed by atoms with van der Waals surface area (Å²) in [5.41, 5.74) is 6.48. The van der Waals surface area contributed by atoms with Crippen molar-refractivity contribution in [3.05, 3.63) is 29.8 Å². The van der Waals surface area contributed by atoms with Gasteiger partial charge in [0.25, 0.3) is 5.91 Å². The van der Waals surface area contributed by atoms with E-state index in [2.05, 4.69) is 5.32 Å². The number of nitrogens with two attached hydrogens (primary N) is 1. The van der Waals surface area contributed by atoms with Crippen LogP contribution in [0, 0.1) is 0 Å². The second-order valence-corrected chi connectivity index (χ2v) is 5.24. The third-order valence-electron chi connectivity index (χ3n) is 3.49. The van der Waals surface area contributed by atoms with E-state index in [0.717, 1.165) is 19.3 Å². The van der Waals surface area contributed by atoms with Crippen LogP contribution in [0.2, 0.25) is 0 Å². The number of hydrogen-bond donors (Lipinski definition) is 2. The van der Waals surface area contributed by atoms with Gasteiger partial charge in [-0.05, 0) is 43.5 Å². The maximum atomic E-state index is 11.9. The Morgan fingerprint density at radius 1 is 1.21 bits per heavy atom. The number of rotatable bonds is 3. The van der Waals surface area contributed by atoms with Crippen molar-refractivity contribution < 1.29 is 9.59 Å². The van der Waals surface area contributed by atoms with E-state index in [9.17, 15) is 9.59 Å². The lowest BCUT2D eigenvalue weighted by atomic mass is 9.77. The van der Waals surface area contributed by atoms with E-state index in [-0.39, 0.29) is 11.8 Å². The van der Waals surface area contributed by atoms with Crippen LogP contribution in [0.1, 0.15) is 29.6 Å². The Kier molecular flexibility index (Phi) is 3.57. The van der Waals surface area contributed by atoms with Gasteiger partial charge in [0.15, 0.2) is 0 Å². The molecule has 1 saturated carbocycles. The average Bonchev–Trinajstić information content (AvgIpc) is 2.35. The van der Waals surface area contributed by atoms with E-state index in [1.165, 1.54) is 4.90 Å². The van der Waals surface area contributed by atoms with Crippen LogP contribution in [0.15, 0.2) is 24.3 Å². The maximum Gasteiger partial charge on any atom is 0.253 e. The zero-order valence-electron chi connectivity index (χ0n) is 11.3. The molecule has 1 aliphatic rings. The highest BCUT2D eigenvalue weighted by atomic mass is 16.2. The predicted molar refractivity (Wildman–Crippen MR) is 73.9 cm³/mol. The molecule has 19 heavy (non-hydrogen) atoms. The zero-order valence-corrected chi connectivity index (χ0v) is 11.3. The number of nitrogens with zero attached hydrogens (tertiary/aromatic N) is 1. The molecular weight excluding hydrogens is 242 g/mol. The number of nitrogens with one attached hydrogen (secondary N) is 1. The van der Waals surface area contributed by atoms with Crippen molar-refractivity contribution >= 4 is 17.5 Å². The van der Waals surface area contributed by atoms with Crippen LogP contribution < -0.4 is 11.1 Å². The molecule has 2 amide bonds. The van der Waals surface area contributed by atoms with E-state index in [0.29, 0.717) is 11.3 Å². The summed E-state index contributed by atoms with van der Waals surface area (Å²) in [6.07, 6.45) is 2.46. The first-order valence-corrected chi connectivity index (χ1v) is 6.34. The van der Waals surface area contributed by atoms with E-state index in [1.807, 2.05) is 0 Å². The predicted octanol–water partition coefficient (Wildman–Crippen LogP) is 1.21. The van der Waals surface area contributed by atoms with Crippen LogP contribution in [0.25, 0.3) is 0 Å². The molecule has 0 unspecified atom stereocenters. The van der Waals surface area contributed by atoms with Crippen LogP contribution in [0.3, 0.4) is 0 Å². The third kappa shape index (κ3) is 2.76. The largest absolute Gasteiger partial charge is 0.345 e. The molecule has 5 nitrogen and oxygen atoms in total. The van der Waals surface area contributed by atoms with Crippen LogP contribution >= 0.6 is 0 Å². The first kappa shape index (κ1) is 13.5. The van der Waals surface area contributed by atoms with Crippen LogP contribution in [-0.2, 0) is 4.79 Å². The third-order valence-corrected chi connectivity index (χ3v) is 3.49. The van der Waals surface area contributed by atoms with E-state index >= 15 is 0 Å². The lowest BCUT2D eigenvalue weighted by molar-refractivity contribution is -0.123. The molecule has 0 saturated heterocycles. The number of carbonyl (C=O) groups excluding carboxylic acids is 2. The summed E-state index contributed by atoms with van der Waals surface area (Å²) >= 11 is 0. The second-order valence-electron chi connectivity index (χ2n) is 5.24. The summed E-state index contributed by atoms with van der Waals surface area (Å²) in [6, 6.07) is 6.83. The molecule has 0 spiro atoms. The molecule has 1 aliphatic carbocycles. The number of hydrogen-bond acceptors (Lipinski definition) is 3. The SMILES string of the molecule is CN(C)C(=O)c1ccc(NC(=O)C2(N)CCC2)cc1. The highest BCUT2D eigenvalue weighted by molar-refractivity contribution is 5.99. The quantitative estimate of drug-likeness (QED) is 0.858. The van der Waals surface area contributed by atoms with Crippen LogP contribution in [0.4, 0.5) is 5.69 Å². The summed E-state index contributed by atoms with van der Waals surface area (Å²) in [4.78, 5) is 25.2. The summed E-state index contributed by atoms with van der Waals surface area (Å²) in [5, 5.41) is 2.79. The van der Waals surface area contributed by atoms with Gasteiger partial charge in [0.2, 0.25) is 5.91 Å². The van der Waals surface area contributed by atoms with Gasteiger partial charge < -0.3 is 16.0 Å². The molecule has 0 radical (unpaired) electrons. The second kappa shape index (κ2) is 5.01. The monoisotopic (exact) mass is 261 g/mol. The smallest absolute Gasteiger partial charge is 0.253 e. The molecule has 0 aliphatic heterocycles. The van der Waals surface area contributed by atoms with E-state index < -0.39 is 5.54 Å². The molecule has 1 aromatic rings. The van der Waals surface area contributed by atoms with E-state index in [4.69, 9.17) is 5.73 Å². The lowest BCUT2D eigenvalue weighted by Gasteiger charge is -2.36. The van der Waals surface area contributed by atoms with Gasteiger partial charge in [0.05, 0.1) is 5.54 Å².